The van der Waals surface area contributed by atoms with Crippen LogP contribution in [-0.4, -0.2) is 45.0 Å². The van der Waals surface area contributed by atoms with Gasteiger partial charge in [-0.05, 0) is 38.0 Å². The number of nitro benzene ring substituents is 1. The smallest absolute Gasteiger partial charge is 0.278 e. The molecule has 1 aliphatic rings. The summed E-state index contributed by atoms with van der Waals surface area (Å²) < 4.78 is 0. The van der Waals surface area contributed by atoms with Crippen LogP contribution < -0.4 is 0 Å². The molecule has 1 N–H and O–H groups in total. The van der Waals surface area contributed by atoms with Crippen molar-refractivity contribution in [1.82, 2.24) is 9.88 Å². The third kappa shape index (κ3) is 2.94. The quantitative estimate of drug-likeness (QED) is 0.689. The van der Waals surface area contributed by atoms with E-state index in [1.807, 2.05) is 0 Å². The Hall–Kier alpha value is -2.54. The summed E-state index contributed by atoms with van der Waals surface area (Å²) in [5.74, 6) is -0.140. The van der Waals surface area contributed by atoms with Crippen LogP contribution in [0.3, 0.4) is 0 Å². The highest BCUT2D eigenvalue weighted by Gasteiger charge is 2.29. The number of carbonyl (C=O) groups is 1. The number of aromatic nitrogens is 1. The van der Waals surface area contributed by atoms with Crippen LogP contribution >= 0.6 is 0 Å². The maximum absolute atomic E-state index is 12.9. The van der Waals surface area contributed by atoms with Crippen LogP contribution in [0.15, 0.2) is 30.5 Å². The van der Waals surface area contributed by atoms with Crippen molar-refractivity contribution in [2.75, 3.05) is 13.1 Å². The SMILES string of the molecule is CC(O)C1CCCN(C(=O)c2ccc([N+](=O)[O-])c3cccnc23)C1. The molecule has 2 aromatic rings. The van der Waals surface area contributed by atoms with Gasteiger partial charge in [0.05, 0.1) is 27.5 Å². The van der Waals surface area contributed by atoms with Crippen molar-refractivity contribution in [3.63, 3.8) is 0 Å². The molecule has 24 heavy (non-hydrogen) atoms. The van der Waals surface area contributed by atoms with Crippen molar-refractivity contribution < 1.29 is 14.8 Å². The van der Waals surface area contributed by atoms with Crippen molar-refractivity contribution in [3.05, 3.63) is 46.1 Å². The standard InChI is InChI=1S/C17H19N3O4/c1-11(21)12-4-3-9-19(10-12)17(22)14-6-7-15(20(23)24)13-5-2-8-18-16(13)14/h2,5-8,11-12,21H,3-4,9-10H2,1H3. The number of benzene rings is 1. The van der Waals surface area contributed by atoms with Crippen molar-refractivity contribution in [3.8, 4) is 0 Å². The molecule has 1 aromatic carbocycles. The van der Waals surface area contributed by atoms with Gasteiger partial charge in [0, 0.05) is 31.3 Å². The second-order valence-electron chi connectivity index (χ2n) is 6.18. The normalized spacial score (nSPS) is 19.2. The monoisotopic (exact) mass is 329 g/mol. The van der Waals surface area contributed by atoms with E-state index in [4.69, 9.17) is 0 Å². The van der Waals surface area contributed by atoms with Gasteiger partial charge in [0.1, 0.15) is 0 Å². The molecule has 1 fully saturated rings. The minimum atomic E-state index is -0.470. The first-order chi connectivity index (χ1) is 11.5. The highest BCUT2D eigenvalue weighted by Crippen LogP contribution is 2.29. The Kier molecular flexibility index (Phi) is 4.44. The lowest BCUT2D eigenvalue weighted by Crippen LogP contribution is -2.43. The maximum atomic E-state index is 12.9. The maximum Gasteiger partial charge on any atom is 0.278 e. The van der Waals surface area contributed by atoms with Gasteiger partial charge in [0.2, 0.25) is 0 Å². The summed E-state index contributed by atoms with van der Waals surface area (Å²) in [6.45, 7) is 2.84. The molecule has 0 spiro atoms. The molecular weight excluding hydrogens is 310 g/mol. The number of pyridine rings is 1. The Balaban J connectivity index is 1.99. The summed E-state index contributed by atoms with van der Waals surface area (Å²) in [4.78, 5) is 29.5. The zero-order valence-corrected chi connectivity index (χ0v) is 13.4. The minimum Gasteiger partial charge on any atom is -0.393 e. The average molecular weight is 329 g/mol. The van der Waals surface area contributed by atoms with E-state index in [1.54, 1.807) is 24.0 Å². The molecule has 1 aliphatic heterocycles. The lowest BCUT2D eigenvalue weighted by Gasteiger charge is -2.34. The lowest BCUT2D eigenvalue weighted by atomic mass is 9.93. The summed E-state index contributed by atoms with van der Waals surface area (Å²) in [6, 6.07) is 6.05. The molecule has 0 aliphatic carbocycles. The number of hydrogen-bond acceptors (Lipinski definition) is 5. The third-order valence-corrected chi connectivity index (χ3v) is 4.60. The first kappa shape index (κ1) is 16.3. The molecule has 0 radical (unpaired) electrons. The van der Waals surface area contributed by atoms with E-state index in [9.17, 15) is 20.0 Å². The summed E-state index contributed by atoms with van der Waals surface area (Å²) in [6.07, 6.45) is 2.78. The number of likely N-dealkylation sites (tertiary alicyclic amines) is 1. The predicted molar refractivity (Wildman–Crippen MR) is 88.7 cm³/mol. The van der Waals surface area contributed by atoms with Crippen LogP contribution in [0, 0.1) is 16.0 Å². The van der Waals surface area contributed by atoms with Crippen LogP contribution in [0.1, 0.15) is 30.1 Å². The Morgan fingerprint density at radius 2 is 2.25 bits per heavy atom. The van der Waals surface area contributed by atoms with Gasteiger partial charge in [-0.3, -0.25) is 19.9 Å². The fourth-order valence-corrected chi connectivity index (χ4v) is 3.25. The average Bonchev–Trinajstić information content (AvgIpc) is 2.60. The first-order valence-electron chi connectivity index (χ1n) is 7.98. The zero-order valence-electron chi connectivity index (χ0n) is 13.4. The lowest BCUT2D eigenvalue weighted by molar-refractivity contribution is -0.383. The number of rotatable bonds is 3. The van der Waals surface area contributed by atoms with Gasteiger partial charge in [-0.2, -0.15) is 0 Å². The molecule has 7 nitrogen and oxygen atoms in total. The Labute approximate surface area is 139 Å². The van der Waals surface area contributed by atoms with Crippen LogP contribution in [0.5, 0.6) is 0 Å². The number of carbonyl (C=O) groups excluding carboxylic acids is 1. The zero-order chi connectivity index (χ0) is 17.3. The van der Waals surface area contributed by atoms with Crippen molar-refractivity contribution in [1.29, 1.82) is 0 Å². The fourth-order valence-electron chi connectivity index (χ4n) is 3.25. The fraction of sp³-hybridized carbons (Fsp3) is 0.412. The predicted octanol–water partition coefficient (Wildman–Crippen LogP) is 2.38. The number of aliphatic hydroxyl groups excluding tert-OH is 1. The van der Waals surface area contributed by atoms with Crippen LogP contribution in [0.4, 0.5) is 5.69 Å². The van der Waals surface area contributed by atoms with Gasteiger partial charge < -0.3 is 10.0 Å². The van der Waals surface area contributed by atoms with Crippen LogP contribution in [-0.2, 0) is 0 Å². The van der Waals surface area contributed by atoms with Gasteiger partial charge in [-0.1, -0.05) is 0 Å². The van der Waals surface area contributed by atoms with Gasteiger partial charge in [-0.15, -0.1) is 0 Å². The second-order valence-corrected chi connectivity index (χ2v) is 6.18. The first-order valence-corrected chi connectivity index (χ1v) is 7.98. The topological polar surface area (TPSA) is 96.6 Å². The number of nitrogens with zero attached hydrogens (tertiary/aromatic N) is 3. The molecule has 3 rings (SSSR count). The number of aliphatic hydroxyl groups is 1. The molecule has 2 heterocycles. The number of piperidine rings is 1. The molecule has 126 valence electrons. The second kappa shape index (κ2) is 6.52. The summed E-state index contributed by atoms with van der Waals surface area (Å²) in [7, 11) is 0. The van der Waals surface area contributed by atoms with Gasteiger partial charge in [0.25, 0.3) is 11.6 Å². The van der Waals surface area contributed by atoms with Crippen molar-refractivity contribution in [2.24, 2.45) is 5.92 Å². The van der Waals surface area contributed by atoms with Gasteiger partial charge in [0.15, 0.2) is 0 Å². The molecule has 0 bridgehead atoms. The van der Waals surface area contributed by atoms with E-state index in [1.165, 1.54) is 18.3 Å². The molecule has 0 saturated carbocycles. The molecule has 2 unspecified atom stereocenters. The third-order valence-electron chi connectivity index (χ3n) is 4.60. The highest BCUT2D eigenvalue weighted by atomic mass is 16.6. The molecule has 1 aromatic heterocycles. The van der Waals surface area contributed by atoms with Gasteiger partial charge in [-0.25, -0.2) is 0 Å². The van der Waals surface area contributed by atoms with E-state index in [2.05, 4.69) is 4.98 Å². The Morgan fingerprint density at radius 3 is 2.96 bits per heavy atom. The summed E-state index contributed by atoms with van der Waals surface area (Å²) >= 11 is 0. The van der Waals surface area contributed by atoms with Crippen molar-refractivity contribution in [2.45, 2.75) is 25.9 Å². The minimum absolute atomic E-state index is 0.0555. The van der Waals surface area contributed by atoms with E-state index < -0.39 is 11.0 Å². The largest absolute Gasteiger partial charge is 0.393 e. The molecule has 7 heteroatoms. The van der Waals surface area contributed by atoms with E-state index in [0.29, 0.717) is 29.6 Å². The number of hydrogen-bond donors (Lipinski definition) is 1. The van der Waals surface area contributed by atoms with E-state index in [0.717, 1.165) is 12.8 Å². The number of non-ortho nitro benzene ring substituents is 1. The van der Waals surface area contributed by atoms with E-state index >= 15 is 0 Å². The van der Waals surface area contributed by atoms with Crippen LogP contribution in [0.25, 0.3) is 10.9 Å². The van der Waals surface area contributed by atoms with Crippen molar-refractivity contribution >= 4 is 22.5 Å². The van der Waals surface area contributed by atoms with E-state index in [-0.39, 0.29) is 17.5 Å². The molecule has 1 amide bonds. The molecular formula is C17H19N3O4. The molecule has 1 saturated heterocycles. The van der Waals surface area contributed by atoms with Gasteiger partial charge >= 0.3 is 0 Å². The summed E-state index contributed by atoms with van der Waals surface area (Å²) in [5, 5.41) is 21.3. The van der Waals surface area contributed by atoms with Crippen LogP contribution in [0.2, 0.25) is 0 Å². The summed E-state index contributed by atoms with van der Waals surface area (Å²) in [5.41, 5.74) is 0.647. The Bertz CT molecular complexity index is 790. The number of amides is 1. The Morgan fingerprint density at radius 1 is 1.46 bits per heavy atom. The highest BCUT2D eigenvalue weighted by molar-refractivity contribution is 6.07. The molecule has 2 atom stereocenters. The number of fused-ring (bicyclic) bond motifs is 1. The number of nitro groups is 1.